The zero-order valence-corrected chi connectivity index (χ0v) is 13.5. The van der Waals surface area contributed by atoms with E-state index in [-0.39, 0.29) is 12.6 Å². The second kappa shape index (κ2) is 7.02. The van der Waals surface area contributed by atoms with Crippen molar-refractivity contribution in [3.05, 3.63) is 17.0 Å². The van der Waals surface area contributed by atoms with Gasteiger partial charge in [0.15, 0.2) is 0 Å². The average molecular weight is 317 g/mol. The Hall–Kier alpha value is -0.430. The number of hydrogen-bond donors (Lipinski definition) is 1. The number of thiophene rings is 1. The molecular weight excluding hydrogens is 294 g/mol. The number of rotatable bonds is 6. The molecule has 20 heavy (non-hydrogen) atoms. The Morgan fingerprint density at radius 3 is 2.90 bits per heavy atom. The van der Waals surface area contributed by atoms with Gasteiger partial charge in [0.1, 0.15) is 4.21 Å². The van der Waals surface area contributed by atoms with Crippen LogP contribution in [0.3, 0.4) is 0 Å². The molecule has 1 aliphatic heterocycles. The molecule has 0 aromatic carbocycles. The van der Waals surface area contributed by atoms with Crippen molar-refractivity contribution in [2.75, 3.05) is 13.2 Å². The fraction of sp³-hybridized carbons (Fsp3) is 0.714. The largest absolute Gasteiger partial charge is 0.396 e. The van der Waals surface area contributed by atoms with E-state index in [1.807, 2.05) is 6.07 Å². The molecule has 1 fully saturated rings. The number of hydrogen-bond acceptors (Lipinski definition) is 4. The maximum absolute atomic E-state index is 12.8. The van der Waals surface area contributed by atoms with Crippen LogP contribution in [0.2, 0.25) is 0 Å². The molecule has 0 bridgehead atoms. The van der Waals surface area contributed by atoms with Gasteiger partial charge in [-0.1, -0.05) is 19.8 Å². The van der Waals surface area contributed by atoms with Gasteiger partial charge in [-0.05, 0) is 31.4 Å². The van der Waals surface area contributed by atoms with Gasteiger partial charge >= 0.3 is 0 Å². The normalized spacial score (nSPS) is 21.2. The lowest BCUT2D eigenvalue weighted by molar-refractivity contribution is 0.240. The molecule has 1 saturated heterocycles. The summed E-state index contributed by atoms with van der Waals surface area (Å²) in [5, 5.41) is 8.94. The molecule has 2 rings (SSSR count). The lowest BCUT2D eigenvalue weighted by Crippen LogP contribution is -2.43. The van der Waals surface area contributed by atoms with E-state index in [9.17, 15) is 8.42 Å². The van der Waals surface area contributed by atoms with E-state index in [0.717, 1.165) is 37.0 Å². The van der Waals surface area contributed by atoms with Gasteiger partial charge in [-0.3, -0.25) is 0 Å². The zero-order chi connectivity index (χ0) is 14.6. The molecule has 0 amide bonds. The Labute approximate surface area is 125 Å². The van der Waals surface area contributed by atoms with Crippen LogP contribution in [0.1, 0.15) is 43.9 Å². The monoisotopic (exact) mass is 317 g/mol. The van der Waals surface area contributed by atoms with E-state index in [2.05, 4.69) is 6.92 Å². The molecule has 1 aliphatic rings. The molecule has 4 nitrogen and oxygen atoms in total. The SMILES string of the molecule is CCCC1CCCCN1S(=O)(=O)c1ccc(CCO)s1. The van der Waals surface area contributed by atoms with Crippen molar-refractivity contribution < 1.29 is 13.5 Å². The van der Waals surface area contributed by atoms with Crippen LogP contribution in [-0.2, 0) is 16.4 Å². The first-order valence-electron chi connectivity index (χ1n) is 7.31. The smallest absolute Gasteiger partial charge is 0.252 e. The van der Waals surface area contributed by atoms with Crippen molar-refractivity contribution in [1.29, 1.82) is 0 Å². The first-order chi connectivity index (χ1) is 9.59. The average Bonchev–Trinajstić information content (AvgIpc) is 2.89. The highest BCUT2D eigenvalue weighted by Crippen LogP contribution is 2.31. The molecule has 1 N–H and O–H groups in total. The third kappa shape index (κ3) is 3.42. The summed E-state index contributed by atoms with van der Waals surface area (Å²) in [6, 6.07) is 3.65. The van der Waals surface area contributed by atoms with E-state index in [1.165, 1.54) is 11.3 Å². The summed E-state index contributed by atoms with van der Waals surface area (Å²) in [6.45, 7) is 2.80. The lowest BCUT2D eigenvalue weighted by atomic mass is 10.0. The molecule has 1 aromatic rings. The highest BCUT2D eigenvalue weighted by Gasteiger charge is 2.33. The molecule has 0 spiro atoms. The Morgan fingerprint density at radius 1 is 1.40 bits per heavy atom. The molecule has 0 aliphatic carbocycles. The van der Waals surface area contributed by atoms with Crippen LogP contribution in [0.25, 0.3) is 0 Å². The van der Waals surface area contributed by atoms with Gasteiger partial charge in [0.25, 0.3) is 10.0 Å². The highest BCUT2D eigenvalue weighted by atomic mass is 32.2. The Balaban J connectivity index is 2.22. The molecule has 6 heteroatoms. The van der Waals surface area contributed by atoms with Crippen LogP contribution in [0.5, 0.6) is 0 Å². The van der Waals surface area contributed by atoms with Crippen LogP contribution in [-0.4, -0.2) is 37.0 Å². The zero-order valence-electron chi connectivity index (χ0n) is 11.9. The minimum absolute atomic E-state index is 0.0577. The van der Waals surface area contributed by atoms with Crippen LogP contribution in [0, 0.1) is 0 Å². The standard InChI is InChI=1S/C14H23NO3S2/c1-2-5-12-6-3-4-10-15(12)20(17,18)14-8-7-13(19-14)9-11-16/h7-8,12,16H,2-6,9-11H2,1H3. The molecule has 2 heterocycles. The molecule has 0 saturated carbocycles. The highest BCUT2D eigenvalue weighted by molar-refractivity contribution is 7.91. The number of nitrogens with zero attached hydrogens (tertiary/aromatic N) is 1. The van der Waals surface area contributed by atoms with Gasteiger partial charge in [0, 0.05) is 30.5 Å². The third-order valence-corrected chi connectivity index (χ3v) is 7.32. The second-order valence-corrected chi connectivity index (χ2v) is 8.53. The fourth-order valence-electron chi connectivity index (χ4n) is 2.77. The van der Waals surface area contributed by atoms with Crippen LogP contribution >= 0.6 is 11.3 Å². The Morgan fingerprint density at radius 2 is 2.20 bits per heavy atom. The van der Waals surface area contributed by atoms with Crippen molar-refractivity contribution in [3.63, 3.8) is 0 Å². The van der Waals surface area contributed by atoms with Gasteiger partial charge in [0.2, 0.25) is 0 Å². The Bertz CT molecular complexity index is 522. The minimum Gasteiger partial charge on any atom is -0.396 e. The fourth-order valence-corrected chi connectivity index (χ4v) is 5.97. The van der Waals surface area contributed by atoms with Crippen LogP contribution in [0.15, 0.2) is 16.3 Å². The quantitative estimate of drug-likeness (QED) is 0.877. The summed E-state index contributed by atoms with van der Waals surface area (Å²) in [5.41, 5.74) is 0. The topological polar surface area (TPSA) is 57.6 Å². The second-order valence-electron chi connectivity index (χ2n) is 5.25. The number of sulfonamides is 1. The van der Waals surface area contributed by atoms with Crippen molar-refractivity contribution in [2.24, 2.45) is 0 Å². The summed E-state index contributed by atoms with van der Waals surface area (Å²) >= 11 is 1.29. The summed E-state index contributed by atoms with van der Waals surface area (Å²) in [7, 11) is -3.36. The van der Waals surface area contributed by atoms with Gasteiger partial charge in [-0.15, -0.1) is 11.3 Å². The van der Waals surface area contributed by atoms with Gasteiger partial charge in [-0.2, -0.15) is 4.31 Å². The van der Waals surface area contributed by atoms with Crippen molar-refractivity contribution >= 4 is 21.4 Å². The predicted octanol–water partition coefficient (Wildman–Crippen LogP) is 2.63. The van der Waals surface area contributed by atoms with E-state index < -0.39 is 10.0 Å². The maximum Gasteiger partial charge on any atom is 0.252 e. The number of aliphatic hydroxyl groups is 1. The Kier molecular flexibility index (Phi) is 5.60. The van der Waals surface area contributed by atoms with E-state index in [1.54, 1.807) is 10.4 Å². The molecule has 1 atom stereocenters. The molecular formula is C14H23NO3S2. The summed E-state index contributed by atoms with van der Waals surface area (Å²) in [4.78, 5) is 0.926. The summed E-state index contributed by atoms with van der Waals surface area (Å²) in [5.74, 6) is 0. The van der Waals surface area contributed by atoms with Crippen LogP contribution in [0.4, 0.5) is 0 Å². The number of piperidine rings is 1. The first-order valence-corrected chi connectivity index (χ1v) is 9.56. The molecule has 114 valence electrons. The molecule has 1 unspecified atom stereocenters. The van der Waals surface area contributed by atoms with Crippen molar-refractivity contribution in [1.82, 2.24) is 4.31 Å². The predicted molar refractivity (Wildman–Crippen MR) is 81.5 cm³/mol. The molecule has 1 aromatic heterocycles. The van der Waals surface area contributed by atoms with E-state index in [4.69, 9.17) is 5.11 Å². The maximum atomic E-state index is 12.8. The lowest BCUT2D eigenvalue weighted by Gasteiger charge is -2.34. The first kappa shape index (κ1) is 15.9. The summed E-state index contributed by atoms with van der Waals surface area (Å²) < 4.78 is 27.7. The van der Waals surface area contributed by atoms with Gasteiger partial charge in [-0.25, -0.2) is 8.42 Å². The van der Waals surface area contributed by atoms with Crippen LogP contribution < -0.4 is 0 Å². The summed E-state index contributed by atoms with van der Waals surface area (Å²) in [6.07, 6.45) is 5.52. The van der Waals surface area contributed by atoms with E-state index in [0.29, 0.717) is 17.2 Å². The van der Waals surface area contributed by atoms with Gasteiger partial charge in [0.05, 0.1) is 0 Å². The molecule has 0 radical (unpaired) electrons. The van der Waals surface area contributed by atoms with Crippen molar-refractivity contribution in [3.8, 4) is 0 Å². The van der Waals surface area contributed by atoms with Crippen molar-refractivity contribution in [2.45, 2.75) is 55.7 Å². The minimum atomic E-state index is -3.36. The number of aliphatic hydroxyl groups excluding tert-OH is 1. The third-order valence-electron chi connectivity index (χ3n) is 3.75. The van der Waals surface area contributed by atoms with Gasteiger partial charge < -0.3 is 5.11 Å². The van der Waals surface area contributed by atoms with E-state index >= 15 is 0 Å².